The first-order chi connectivity index (χ1) is 15.7. The zero-order valence-corrected chi connectivity index (χ0v) is 18.5. The fourth-order valence-corrected chi connectivity index (χ4v) is 3.90. The van der Waals surface area contributed by atoms with Gasteiger partial charge in [-0.2, -0.15) is 0 Å². The Hall–Kier alpha value is -3.15. The first-order valence-corrected chi connectivity index (χ1v) is 11.1. The fraction of sp³-hybridized carbons (Fsp3) is 0.296. The number of carbonyl (C=O) groups excluding carboxylic acids is 1. The molecule has 32 heavy (non-hydrogen) atoms. The Bertz CT molecular complexity index is 999. The van der Waals surface area contributed by atoms with Crippen molar-refractivity contribution in [3.63, 3.8) is 0 Å². The minimum atomic E-state index is -0.133. The molecule has 0 bridgehead atoms. The van der Waals surface area contributed by atoms with Crippen LogP contribution in [0, 0.1) is 6.92 Å². The Morgan fingerprint density at radius 1 is 0.969 bits per heavy atom. The van der Waals surface area contributed by atoms with Crippen molar-refractivity contribution in [2.24, 2.45) is 0 Å². The minimum Gasteiger partial charge on any atom is -0.483 e. The summed E-state index contributed by atoms with van der Waals surface area (Å²) in [5.74, 6) is 0.570. The maximum absolute atomic E-state index is 12.9. The second-order valence-electron chi connectivity index (χ2n) is 8.09. The number of hydrogen-bond acceptors (Lipinski definition) is 4. The molecule has 1 fully saturated rings. The monoisotopic (exact) mass is 430 g/mol. The summed E-state index contributed by atoms with van der Waals surface area (Å²) in [6.07, 6.45) is 0. The van der Waals surface area contributed by atoms with E-state index in [0.717, 1.165) is 49.5 Å². The van der Waals surface area contributed by atoms with E-state index in [1.807, 2.05) is 54.6 Å². The molecule has 0 saturated carbocycles. The largest absolute Gasteiger partial charge is 0.483 e. The number of benzene rings is 3. The van der Waals surface area contributed by atoms with Crippen LogP contribution in [-0.2, 0) is 9.53 Å². The Balaban J connectivity index is 1.43. The average molecular weight is 431 g/mol. The molecule has 0 spiro atoms. The lowest BCUT2D eigenvalue weighted by molar-refractivity contribution is -0.124. The number of ether oxygens (including phenoxy) is 2. The van der Waals surface area contributed by atoms with Crippen LogP contribution in [0.3, 0.4) is 0 Å². The molecule has 1 atom stereocenters. The number of morpholine rings is 1. The number of amides is 1. The molecule has 1 aliphatic heterocycles. The second-order valence-corrected chi connectivity index (χ2v) is 8.09. The summed E-state index contributed by atoms with van der Waals surface area (Å²) < 4.78 is 11.4. The van der Waals surface area contributed by atoms with E-state index >= 15 is 0 Å². The van der Waals surface area contributed by atoms with E-state index in [9.17, 15) is 4.79 Å². The van der Waals surface area contributed by atoms with Gasteiger partial charge in [-0.25, -0.2) is 0 Å². The number of carbonyl (C=O) groups is 1. The highest BCUT2D eigenvalue weighted by molar-refractivity contribution is 5.79. The quantitative estimate of drug-likeness (QED) is 0.581. The van der Waals surface area contributed by atoms with Crippen LogP contribution in [0.25, 0.3) is 11.1 Å². The van der Waals surface area contributed by atoms with Crippen LogP contribution in [0.2, 0.25) is 0 Å². The van der Waals surface area contributed by atoms with Gasteiger partial charge in [-0.15, -0.1) is 0 Å². The summed E-state index contributed by atoms with van der Waals surface area (Å²) in [4.78, 5) is 15.2. The van der Waals surface area contributed by atoms with E-state index in [-0.39, 0.29) is 18.6 Å². The van der Waals surface area contributed by atoms with Crippen LogP contribution in [0.15, 0.2) is 78.9 Å². The van der Waals surface area contributed by atoms with Crippen LogP contribution in [0.1, 0.15) is 17.2 Å². The molecule has 1 saturated heterocycles. The minimum absolute atomic E-state index is 0.0324. The normalized spacial score (nSPS) is 15.2. The molecular formula is C27H30N2O3. The van der Waals surface area contributed by atoms with Crippen LogP contribution in [0.4, 0.5) is 0 Å². The van der Waals surface area contributed by atoms with Gasteiger partial charge in [0.2, 0.25) is 0 Å². The van der Waals surface area contributed by atoms with Crippen LogP contribution < -0.4 is 10.1 Å². The number of hydrogen-bond donors (Lipinski definition) is 1. The maximum Gasteiger partial charge on any atom is 0.258 e. The highest BCUT2D eigenvalue weighted by atomic mass is 16.5. The third-order valence-corrected chi connectivity index (χ3v) is 5.69. The van der Waals surface area contributed by atoms with Crippen molar-refractivity contribution in [2.75, 3.05) is 39.5 Å². The fourth-order valence-electron chi connectivity index (χ4n) is 3.90. The first kappa shape index (κ1) is 22.1. The molecule has 166 valence electrons. The first-order valence-electron chi connectivity index (χ1n) is 11.1. The van der Waals surface area contributed by atoms with E-state index in [1.54, 1.807) is 0 Å². The van der Waals surface area contributed by atoms with Crippen molar-refractivity contribution in [2.45, 2.75) is 13.0 Å². The predicted molar refractivity (Wildman–Crippen MR) is 127 cm³/mol. The molecule has 5 nitrogen and oxygen atoms in total. The average Bonchev–Trinajstić information content (AvgIpc) is 2.84. The summed E-state index contributed by atoms with van der Waals surface area (Å²) in [5.41, 5.74) is 4.34. The predicted octanol–water partition coefficient (Wildman–Crippen LogP) is 4.23. The van der Waals surface area contributed by atoms with Gasteiger partial charge in [0.05, 0.1) is 19.3 Å². The van der Waals surface area contributed by atoms with E-state index < -0.39 is 0 Å². The summed E-state index contributed by atoms with van der Waals surface area (Å²) in [6, 6.07) is 26.1. The van der Waals surface area contributed by atoms with Gasteiger partial charge in [0, 0.05) is 25.2 Å². The van der Waals surface area contributed by atoms with Crippen molar-refractivity contribution in [3.05, 3.63) is 90.0 Å². The van der Waals surface area contributed by atoms with Crippen molar-refractivity contribution < 1.29 is 14.3 Å². The zero-order valence-electron chi connectivity index (χ0n) is 18.5. The second kappa shape index (κ2) is 10.9. The molecule has 3 aromatic rings. The maximum atomic E-state index is 12.9. The topological polar surface area (TPSA) is 50.8 Å². The lowest BCUT2D eigenvalue weighted by atomic mass is 10.0. The molecule has 1 aliphatic rings. The van der Waals surface area contributed by atoms with Gasteiger partial charge in [-0.05, 0) is 24.1 Å². The number of nitrogens with zero attached hydrogens (tertiary/aromatic N) is 1. The van der Waals surface area contributed by atoms with E-state index in [0.29, 0.717) is 5.75 Å². The number of aryl methyl sites for hydroxylation is 1. The molecule has 5 heteroatoms. The Kier molecular flexibility index (Phi) is 7.54. The number of para-hydroxylation sites is 1. The van der Waals surface area contributed by atoms with E-state index in [4.69, 9.17) is 9.47 Å². The highest BCUT2D eigenvalue weighted by Gasteiger charge is 2.20. The van der Waals surface area contributed by atoms with Crippen molar-refractivity contribution in [1.82, 2.24) is 10.2 Å². The van der Waals surface area contributed by atoms with Gasteiger partial charge < -0.3 is 14.8 Å². The van der Waals surface area contributed by atoms with Gasteiger partial charge in [-0.1, -0.05) is 78.4 Å². The van der Waals surface area contributed by atoms with E-state index in [2.05, 4.69) is 41.4 Å². The highest BCUT2D eigenvalue weighted by Crippen LogP contribution is 2.29. The van der Waals surface area contributed by atoms with Gasteiger partial charge in [0.25, 0.3) is 5.91 Å². The SMILES string of the molecule is Cc1ccc([C@@H](CN2CCOCC2)NC(=O)COc2ccccc2-c2ccccc2)cc1. The molecule has 1 N–H and O–H groups in total. The van der Waals surface area contributed by atoms with Crippen LogP contribution in [0.5, 0.6) is 5.75 Å². The summed E-state index contributed by atoms with van der Waals surface area (Å²) >= 11 is 0. The summed E-state index contributed by atoms with van der Waals surface area (Å²) in [5, 5.41) is 3.18. The number of rotatable bonds is 8. The van der Waals surface area contributed by atoms with Gasteiger partial charge in [0.1, 0.15) is 5.75 Å². The smallest absolute Gasteiger partial charge is 0.258 e. The van der Waals surface area contributed by atoms with Crippen molar-refractivity contribution >= 4 is 5.91 Å². The van der Waals surface area contributed by atoms with Crippen LogP contribution >= 0.6 is 0 Å². The standard InChI is InChI=1S/C27H30N2O3/c1-21-11-13-23(14-12-21)25(19-29-15-17-31-18-16-29)28-27(30)20-32-26-10-6-5-9-24(26)22-7-3-2-4-8-22/h2-14,25H,15-20H2,1H3,(H,28,30)/t25-/m1/s1. The molecule has 0 unspecified atom stereocenters. The lowest BCUT2D eigenvalue weighted by Gasteiger charge is -2.31. The number of nitrogens with one attached hydrogen (secondary N) is 1. The zero-order chi connectivity index (χ0) is 22.2. The molecule has 1 amide bonds. The van der Waals surface area contributed by atoms with Gasteiger partial charge in [-0.3, -0.25) is 9.69 Å². The molecule has 0 radical (unpaired) electrons. The lowest BCUT2D eigenvalue weighted by Crippen LogP contribution is -2.44. The van der Waals surface area contributed by atoms with Gasteiger partial charge in [0.15, 0.2) is 6.61 Å². The third-order valence-electron chi connectivity index (χ3n) is 5.69. The Morgan fingerprint density at radius 2 is 1.66 bits per heavy atom. The summed E-state index contributed by atoms with van der Waals surface area (Å²) in [6.45, 7) is 5.99. The summed E-state index contributed by atoms with van der Waals surface area (Å²) in [7, 11) is 0. The molecule has 4 rings (SSSR count). The van der Waals surface area contributed by atoms with Crippen LogP contribution in [-0.4, -0.2) is 50.3 Å². The molecule has 0 aliphatic carbocycles. The Morgan fingerprint density at radius 3 is 2.41 bits per heavy atom. The molecule has 1 heterocycles. The molecule has 0 aromatic heterocycles. The Labute approximate surface area is 190 Å². The third kappa shape index (κ3) is 5.96. The molecular weight excluding hydrogens is 400 g/mol. The van der Waals surface area contributed by atoms with Gasteiger partial charge >= 0.3 is 0 Å². The molecule has 3 aromatic carbocycles. The van der Waals surface area contributed by atoms with Crippen molar-refractivity contribution in [1.29, 1.82) is 0 Å². The van der Waals surface area contributed by atoms with E-state index in [1.165, 1.54) is 5.56 Å². The van der Waals surface area contributed by atoms with Crippen molar-refractivity contribution in [3.8, 4) is 16.9 Å².